The molecule has 7 heteroatoms. The second-order valence-electron chi connectivity index (χ2n) is 7.54. The molecule has 0 radical (unpaired) electrons. The minimum Gasteiger partial charge on any atom is -0.497 e. The van der Waals surface area contributed by atoms with Crippen molar-refractivity contribution in [1.29, 1.82) is 0 Å². The molecule has 2 heterocycles. The second-order valence-corrected chi connectivity index (χ2v) is 7.54. The van der Waals surface area contributed by atoms with Gasteiger partial charge in [0.1, 0.15) is 23.6 Å². The van der Waals surface area contributed by atoms with Crippen molar-refractivity contribution in [3.63, 3.8) is 0 Å². The van der Waals surface area contributed by atoms with Crippen molar-refractivity contribution in [2.45, 2.75) is 19.4 Å². The van der Waals surface area contributed by atoms with E-state index in [0.717, 1.165) is 17.1 Å². The van der Waals surface area contributed by atoms with Crippen LogP contribution in [-0.4, -0.2) is 53.6 Å². The Balaban J connectivity index is 1.38. The molecule has 1 fully saturated rings. The Bertz CT molecular complexity index is 1010. The summed E-state index contributed by atoms with van der Waals surface area (Å²) in [4.78, 5) is 25.5. The lowest BCUT2D eigenvalue weighted by molar-refractivity contribution is -0.132. The summed E-state index contributed by atoms with van der Waals surface area (Å²) < 4.78 is 11.0. The zero-order valence-electron chi connectivity index (χ0n) is 17.8. The van der Waals surface area contributed by atoms with Gasteiger partial charge in [-0.2, -0.15) is 0 Å². The molecule has 1 aliphatic heterocycles. The molecule has 1 aliphatic rings. The number of hydrogen-bond donors (Lipinski definition) is 0. The lowest BCUT2D eigenvalue weighted by Gasteiger charge is -2.40. The molecule has 1 atom stereocenters. The number of benzene rings is 2. The maximum atomic E-state index is 12.8. The van der Waals surface area contributed by atoms with Gasteiger partial charge in [0.2, 0.25) is 11.8 Å². The van der Waals surface area contributed by atoms with Gasteiger partial charge in [-0.15, -0.1) is 0 Å². The van der Waals surface area contributed by atoms with Crippen molar-refractivity contribution in [1.82, 2.24) is 14.9 Å². The Labute approximate surface area is 182 Å². The first-order valence-corrected chi connectivity index (χ1v) is 10.3. The van der Waals surface area contributed by atoms with E-state index in [1.165, 1.54) is 6.33 Å². The predicted octanol–water partition coefficient (Wildman–Crippen LogP) is 3.56. The molecule has 3 aromatic rings. The number of ether oxygens (including phenoxy) is 2. The SMILES string of the molecule is COc1ccc(Oc2cc(N3CCN(C(=O)Cc4ccccc4)C(C)C3)ncn2)cc1. The summed E-state index contributed by atoms with van der Waals surface area (Å²) in [6, 6.07) is 19.1. The van der Waals surface area contributed by atoms with E-state index in [-0.39, 0.29) is 11.9 Å². The number of amides is 1. The first-order chi connectivity index (χ1) is 15.1. The summed E-state index contributed by atoms with van der Waals surface area (Å²) in [6.07, 6.45) is 1.93. The zero-order valence-corrected chi connectivity index (χ0v) is 17.8. The van der Waals surface area contributed by atoms with E-state index in [9.17, 15) is 4.79 Å². The summed E-state index contributed by atoms with van der Waals surface area (Å²) in [5.41, 5.74) is 1.04. The van der Waals surface area contributed by atoms with Crippen molar-refractivity contribution in [3.8, 4) is 17.4 Å². The van der Waals surface area contributed by atoms with Crippen LogP contribution in [0.25, 0.3) is 0 Å². The fourth-order valence-electron chi connectivity index (χ4n) is 3.73. The molecular formula is C24H26N4O3. The molecule has 1 amide bonds. The van der Waals surface area contributed by atoms with E-state index in [1.807, 2.05) is 65.6 Å². The molecular weight excluding hydrogens is 392 g/mol. The average Bonchev–Trinajstić information content (AvgIpc) is 2.80. The molecule has 1 aromatic heterocycles. The third-order valence-electron chi connectivity index (χ3n) is 5.38. The van der Waals surface area contributed by atoms with Gasteiger partial charge in [-0.05, 0) is 36.8 Å². The van der Waals surface area contributed by atoms with Gasteiger partial charge < -0.3 is 19.3 Å². The van der Waals surface area contributed by atoms with E-state index >= 15 is 0 Å². The quantitative estimate of drug-likeness (QED) is 0.610. The molecule has 0 aliphatic carbocycles. The zero-order chi connectivity index (χ0) is 21.6. The molecule has 160 valence electrons. The smallest absolute Gasteiger partial charge is 0.227 e. The van der Waals surface area contributed by atoms with Crippen LogP contribution in [0, 0.1) is 0 Å². The van der Waals surface area contributed by atoms with E-state index in [2.05, 4.69) is 21.8 Å². The number of carbonyl (C=O) groups is 1. The number of methoxy groups -OCH3 is 1. The first kappa shape index (κ1) is 20.7. The maximum absolute atomic E-state index is 12.8. The highest BCUT2D eigenvalue weighted by molar-refractivity contribution is 5.79. The number of aromatic nitrogens is 2. The molecule has 0 saturated carbocycles. The highest BCUT2D eigenvalue weighted by atomic mass is 16.5. The van der Waals surface area contributed by atoms with Crippen LogP contribution in [0.4, 0.5) is 5.82 Å². The van der Waals surface area contributed by atoms with Crippen LogP contribution in [0.5, 0.6) is 17.4 Å². The van der Waals surface area contributed by atoms with E-state index in [0.29, 0.717) is 37.7 Å². The predicted molar refractivity (Wildman–Crippen MR) is 119 cm³/mol. The fourth-order valence-corrected chi connectivity index (χ4v) is 3.73. The first-order valence-electron chi connectivity index (χ1n) is 10.3. The number of anilines is 1. The summed E-state index contributed by atoms with van der Waals surface area (Å²) in [7, 11) is 1.63. The third kappa shape index (κ3) is 5.12. The Morgan fingerprint density at radius 3 is 2.48 bits per heavy atom. The van der Waals surface area contributed by atoms with Crippen molar-refractivity contribution in [3.05, 3.63) is 72.6 Å². The summed E-state index contributed by atoms with van der Waals surface area (Å²) >= 11 is 0. The Morgan fingerprint density at radius 1 is 1.03 bits per heavy atom. The molecule has 31 heavy (non-hydrogen) atoms. The highest BCUT2D eigenvalue weighted by Gasteiger charge is 2.28. The van der Waals surface area contributed by atoms with Gasteiger partial charge in [-0.25, -0.2) is 9.97 Å². The summed E-state index contributed by atoms with van der Waals surface area (Å²) in [5, 5.41) is 0. The van der Waals surface area contributed by atoms with Gasteiger partial charge in [0.15, 0.2) is 0 Å². The summed E-state index contributed by atoms with van der Waals surface area (Å²) in [5.74, 6) is 2.87. The minimum atomic E-state index is 0.0888. The molecule has 4 rings (SSSR count). The van der Waals surface area contributed by atoms with Gasteiger partial charge in [-0.1, -0.05) is 30.3 Å². The van der Waals surface area contributed by atoms with Crippen molar-refractivity contribution in [2.24, 2.45) is 0 Å². The molecule has 0 bridgehead atoms. The molecule has 1 saturated heterocycles. The van der Waals surface area contributed by atoms with Crippen LogP contribution < -0.4 is 14.4 Å². The monoisotopic (exact) mass is 418 g/mol. The van der Waals surface area contributed by atoms with Gasteiger partial charge in [0, 0.05) is 31.7 Å². The van der Waals surface area contributed by atoms with Crippen molar-refractivity contribution >= 4 is 11.7 Å². The van der Waals surface area contributed by atoms with Crippen LogP contribution >= 0.6 is 0 Å². The van der Waals surface area contributed by atoms with Gasteiger partial charge in [0.05, 0.1) is 13.5 Å². The Hall–Kier alpha value is -3.61. The second kappa shape index (κ2) is 9.47. The molecule has 7 nitrogen and oxygen atoms in total. The number of hydrogen-bond acceptors (Lipinski definition) is 6. The number of nitrogens with zero attached hydrogens (tertiary/aromatic N) is 4. The lowest BCUT2D eigenvalue weighted by atomic mass is 10.1. The maximum Gasteiger partial charge on any atom is 0.227 e. The Morgan fingerprint density at radius 2 is 1.77 bits per heavy atom. The van der Waals surface area contributed by atoms with Crippen LogP contribution in [0.15, 0.2) is 67.0 Å². The number of carbonyl (C=O) groups excluding carboxylic acids is 1. The van der Waals surface area contributed by atoms with Gasteiger partial charge in [-0.3, -0.25) is 4.79 Å². The Kier molecular flexibility index (Phi) is 6.31. The number of rotatable bonds is 6. The molecule has 2 aromatic carbocycles. The fraction of sp³-hybridized carbons (Fsp3) is 0.292. The van der Waals surface area contributed by atoms with Crippen LogP contribution in [0.2, 0.25) is 0 Å². The largest absolute Gasteiger partial charge is 0.497 e. The van der Waals surface area contributed by atoms with Gasteiger partial charge >= 0.3 is 0 Å². The third-order valence-corrected chi connectivity index (χ3v) is 5.38. The average molecular weight is 418 g/mol. The van der Waals surface area contributed by atoms with Crippen LogP contribution in [0.3, 0.4) is 0 Å². The van der Waals surface area contributed by atoms with E-state index in [4.69, 9.17) is 9.47 Å². The lowest BCUT2D eigenvalue weighted by Crippen LogP contribution is -2.54. The van der Waals surface area contributed by atoms with E-state index < -0.39 is 0 Å². The van der Waals surface area contributed by atoms with Gasteiger partial charge in [0.25, 0.3) is 0 Å². The number of piperazine rings is 1. The topological polar surface area (TPSA) is 67.8 Å². The minimum absolute atomic E-state index is 0.0888. The molecule has 1 unspecified atom stereocenters. The van der Waals surface area contributed by atoms with Crippen molar-refractivity contribution < 1.29 is 14.3 Å². The highest BCUT2D eigenvalue weighted by Crippen LogP contribution is 2.25. The molecule has 0 spiro atoms. The van der Waals surface area contributed by atoms with Crippen molar-refractivity contribution in [2.75, 3.05) is 31.6 Å². The van der Waals surface area contributed by atoms with Crippen LogP contribution in [0.1, 0.15) is 12.5 Å². The standard InChI is InChI=1S/C24H26N4O3/c1-18-16-27(12-13-28(18)24(29)14-19-6-4-3-5-7-19)22-15-23(26-17-25-22)31-21-10-8-20(30-2)9-11-21/h3-11,15,17-18H,12-14,16H2,1-2H3. The van der Waals surface area contributed by atoms with E-state index in [1.54, 1.807) is 7.11 Å². The summed E-state index contributed by atoms with van der Waals surface area (Å²) in [6.45, 7) is 4.15. The molecule has 0 N–H and O–H groups in total. The van der Waals surface area contributed by atoms with Crippen LogP contribution in [-0.2, 0) is 11.2 Å². The normalized spacial score (nSPS) is 16.1.